The fourth-order valence-electron chi connectivity index (χ4n) is 2.93. The van der Waals surface area contributed by atoms with Gasteiger partial charge in [-0.15, -0.1) is 10.2 Å². The van der Waals surface area contributed by atoms with Crippen LogP contribution in [-0.4, -0.2) is 31.3 Å². The monoisotopic (exact) mass is 412 g/mol. The number of rotatable bonds is 5. The third kappa shape index (κ3) is 5.19. The molecule has 0 amide bonds. The van der Waals surface area contributed by atoms with E-state index in [2.05, 4.69) is 27.3 Å². The largest absolute Gasteiger partial charge is 0.478 e. The molecule has 0 spiro atoms. The Labute approximate surface area is 178 Å². The maximum absolute atomic E-state index is 13.0. The van der Waals surface area contributed by atoms with Gasteiger partial charge in [0, 0.05) is 17.5 Å². The molecule has 6 nitrogen and oxygen atoms in total. The van der Waals surface area contributed by atoms with E-state index in [4.69, 9.17) is 5.11 Å². The van der Waals surface area contributed by atoms with Gasteiger partial charge in [0.25, 0.3) is 0 Å². The number of tetrazole rings is 1. The summed E-state index contributed by atoms with van der Waals surface area (Å²) in [5.74, 6) is 5.44. The summed E-state index contributed by atoms with van der Waals surface area (Å²) in [4.78, 5) is 12.4. The molecular weight excluding hydrogens is 395 g/mol. The third-order valence-corrected chi connectivity index (χ3v) is 4.54. The van der Waals surface area contributed by atoms with Crippen LogP contribution >= 0.6 is 0 Å². The lowest BCUT2D eigenvalue weighted by Crippen LogP contribution is -2.04. The number of hydrogen-bond acceptors (Lipinski definition) is 4. The fraction of sp³-hybridized carbons (Fsp3) is 0.0833. The van der Waals surface area contributed by atoms with Gasteiger partial charge in [0.2, 0.25) is 5.82 Å². The number of nitrogens with zero attached hydrogens (tertiary/aromatic N) is 4. The summed E-state index contributed by atoms with van der Waals surface area (Å²) in [6, 6.07) is 20.4. The summed E-state index contributed by atoms with van der Waals surface area (Å²) in [6.07, 6.45) is 0.527. The van der Waals surface area contributed by atoms with E-state index >= 15 is 0 Å². The van der Waals surface area contributed by atoms with Gasteiger partial charge in [-0.3, -0.25) is 0 Å². The fourth-order valence-corrected chi connectivity index (χ4v) is 2.93. The lowest BCUT2D eigenvalue weighted by Gasteiger charge is -2.00. The molecular formula is C24H17FN4O2. The minimum atomic E-state index is -0.964. The van der Waals surface area contributed by atoms with Crippen molar-refractivity contribution in [3.63, 3.8) is 0 Å². The predicted octanol–water partition coefficient (Wildman–Crippen LogP) is 3.82. The number of carbonyl (C=O) groups is 1. The average molecular weight is 412 g/mol. The van der Waals surface area contributed by atoms with E-state index in [0.29, 0.717) is 18.8 Å². The normalized spacial score (nSPS) is 10.4. The second-order valence-electron chi connectivity index (χ2n) is 6.83. The highest BCUT2D eigenvalue weighted by atomic mass is 19.1. The molecule has 1 aromatic heterocycles. The van der Waals surface area contributed by atoms with Crippen LogP contribution in [0.15, 0.2) is 72.8 Å². The zero-order chi connectivity index (χ0) is 21.6. The average Bonchev–Trinajstić information content (AvgIpc) is 3.24. The van der Waals surface area contributed by atoms with E-state index in [-0.39, 0.29) is 11.4 Å². The SMILES string of the molecule is O=C(O)c1ccc(Cn2nnc(-c3cccc(C#CCc4ccc(F)cc4)c3)n2)cc1. The summed E-state index contributed by atoms with van der Waals surface area (Å²) < 4.78 is 13.0. The van der Waals surface area contributed by atoms with Crippen LogP contribution < -0.4 is 0 Å². The molecule has 4 aromatic rings. The van der Waals surface area contributed by atoms with Crippen LogP contribution in [0.4, 0.5) is 4.39 Å². The molecule has 7 heteroatoms. The van der Waals surface area contributed by atoms with Crippen LogP contribution in [-0.2, 0) is 13.0 Å². The van der Waals surface area contributed by atoms with Gasteiger partial charge in [0.15, 0.2) is 0 Å². The molecule has 0 unspecified atom stereocenters. The van der Waals surface area contributed by atoms with E-state index in [0.717, 1.165) is 22.3 Å². The van der Waals surface area contributed by atoms with Crippen LogP contribution in [0, 0.1) is 17.7 Å². The third-order valence-electron chi connectivity index (χ3n) is 4.54. The molecule has 0 aliphatic heterocycles. The van der Waals surface area contributed by atoms with Gasteiger partial charge in [-0.25, -0.2) is 9.18 Å². The lowest BCUT2D eigenvalue weighted by atomic mass is 10.1. The van der Waals surface area contributed by atoms with Crippen molar-refractivity contribution in [3.8, 4) is 23.2 Å². The summed E-state index contributed by atoms with van der Waals surface area (Å²) in [5.41, 5.74) is 3.66. The Morgan fingerprint density at radius 3 is 2.48 bits per heavy atom. The number of hydrogen-bond donors (Lipinski definition) is 1. The molecule has 0 bridgehead atoms. The summed E-state index contributed by atoms with van der Waals surface area (Å²) in [5, 5.41) is 21.6. The van der Waals surface area contributed by atoms with Gasteiger partial charge in [-0.2, -0.15) is 4.80 Å². The van der Waals surface area contributed by atoms with Crippen molar-refractivity contribution >= 4 is 5.97 Å². The van der Waals surface area contributed by atoms with Crippen LogP contribution in [0.25, 0.3) is 11.4 Å². The van der Waals surface area contributed by atoms with Crippen molar-refractivity contribution in [1.82, 2.24) is 20.2 Å². The molecule has 152 valence electrons. The molecule has 31 heavy (non-hydrogen) atoms. The van der Waals surface area contributed by atoms with Crippen molar-refractivity contribution in [2.75, 3.05) is 0 Å². The molecule has 0 radical (unpaired) electrons. The highest BCUT2D eigenvalue weighted by Crippen LogP contribution is 2.15. The zero-order valence-electron chi connectivity index (χ0n) is 16.4. The van der Waals surface area contributed by atoms with Gasteiger partial charge in [0.05, 0.1) is 12.1 Å². The number of carboxylic acids is 1. The molecule has 0 fully saturated rings. The maximum atomic E-state index is 13.0. The van der Waals surface area contributed by atoms with Crippen LogP contribution in [0.3, 0.4) is 0 Å². The molecule has 0 atom stereocenters. The minimum absolute atomic E-state index is 0.230. The van der Waals surface area contributed by atoms with Crippen molar-refractivity contribution in [3.05, 3.63) is 101 Å². The van der Waals surface area contributed by atoms with E-state index in [1.165, 1.54) is 16.9 Å². The van der Waals surface area contributed by atoms with Crippen LogP contribution in [0.2, 0.25) is 0 Å². The Morgan fingerprint density at radius 2 is 1.74 bits per heavy atom. The van der Waals surface area contributed by atoms with Crippen molar-refractivity contribution in [1.29, 1.82) is 0 Å². The topological polar surface area (TPSA) is 80.9 Å². The highest BCUT2D eigenvalue weighted by molar-refractivity contribution is 5.87. The van der Waals surface area contributed by atoms with Gasteiger partial charge >= 0.3 is 5.97 Å². The van der Waals surface area contributed by atoms with Gasteiger partial charge in [-0.05, 0) is 52.7 Å². The maximum Gasteiger partial charge on any atom is 0.335 e. The van der Waals surface area contributed by atoms with Crippen LogP contribution in [0.1, 0.15) is 27.0 Å². The van der Waals surface area contributed by atoms with Crippen molar-refractivity contribution in [2.24, 2.45) is 0 Å². The second-order valence-corrected chi connectivity index (χ2v) is 6.83. The number of aromatic nitrogens is 4. The molecule has 0 aliphatic carbocycles. The predicted molar refractivity (Wildman–Crippen MR) is 113 cm³/mol. The first-order valence-corrected chi connectivity index (χ1v) is 9.50. The molecule has 4 rings (SSSR count). The Bertz CT molecular complexity index is 1270. The minimum Gasteiger partial charge on any atom is -0.478 e. The molecule has 0 saturated heterocycles. The molecule has 3 aromatic carbocycles. The van der Waals surface area contributed by atoms with E-state index < -0.39 is 5.97 Å². The Hall–Kier alpha value is -4.31. The first-order chi connectivity index (χ1) is 15.1. The number of aromatic carboxylic acids is 1. The summed E-state index contributed by atoms with van der Waals surface area (Å²) >= 11 is 0. The van der Waals surface area contributed by atoms with Crippen molar-refractivity contribution in [2.45, 2.75) is 13.0 Å². The summed E-state index contributed by atoms with van der Waals surface area (Å²) in [6.45, 7) is 0.379. The number of halogens is 1. The Balaban J connectivity index is 1.45. The van der Waals surface area contributed by atoms with Crippen LogP contribution in [0.5, 0.6) is 0 Å². The Kier molecular flexibility index (Phi) is 5.81. The highest BCUT2D eigenvalue weighted by Gasteiger charge is 2.08. The van der Waals surface area contributed by atoms with E-state index in [1.807, 2.05) is 24.3 Å². The molecule has 0 saturated carbocycles. The van der Waals surface area contributed by atoms with Gasteiger partial charge in [-0.1, -0.05) is 48.2 Å². The number of benzene rings is 3. The smallest absolute Gasteiger partial charge is 0.335 e. The quantitative estimate of drug-likeness (QED) is 0.504. The summed E-state index contributed by atoms with van der Waals surface area (Å²) in [7, 11) is 0. The van der Waals surface area contributed by atoms with E-state index in [9.17, 15) is 9.18 Å². The first kappa shape index (κ1) is 20.0. The number of carboxylic acid groups (broad SMARTS) is 1. The lowest BCUT2D eigenvalue weighted by molar-refractivity contribution is 0.0697. The van der Waals surface area contributed by atoms with E-state index in [1.54, 1.807) is 36.4 Å². The molecule has 1 heterocycles. The van der Waals surface area contributed by atoms with Gasteiger partial charge in [0.1, 0.15) is 5.82 Å². The first-order valence-electron chi connectivity index (χ1n) is 9.50. The Morgan fingerprint density at radius 1 is 1.00 bits per heavy atom. The standard InChI is InChI=1S/C24H17FN4O2/c25-22-13-9-17(10-14-22)3-1-4-18-5-2-6-21(15-18)23-26-28-29(27-23)16-19-7-11-20(12-8-19)24(30)31/h2,5-15H,3,16H2,(H,30,31). The van der Waals surface area contributed by atoms with Crippen molar-refractivity contribution < 1.29 is 14.3 Å². The zero-order valence-corrected chi connectivity index (χ0v) is 16.4. The second kappa shape index (κ2) is 9.01. The molecule has 1 N–H and O–H groups in total. The van der Waals surface area contributed by atoms with Gasteiger partial charge < -0.3 is 5.11 Å². The molecule has 0 aliphatic rings.